The minimum atomic E-state index is 0.637. The Hall–Kier alpha value is -0.210. The first kappa shape index (κ1) is 8.88. The molecule has 0 saturated carbocycles. The van der Waals surface area contributed by atoms with Crippen LogP contribution in [0.15, 0.2) is 11.1 Å². The highest BCUT2D eigenvalue weighted by atomic mass is 32.1. The van der Waals surface area contributed by atoms with Gasteiger partial charge in [-0.25, -0.2) is 0 Å². The van der Waals surface area contributed by atoms with Gasteiger partial charge in [0, 0.05) is 18.0 Å². The summed E-state index contributed by atoms with van der Waals surface area (Å²) in [5.41, 5.74) is 2.87. The van der Waals surface area contributed by atoms with Gasteiger partial charge < -0.3 is 5.32 Å². The Morgan fingerprint density at radius 2 is 2.09 bits per heavy atom. The second-order valence-electron chi connectivity index (χ2n) is 3.32. The number of hydrogen-bond donors (Lipinski definition) is 1. The van der Waals surface area contributed by atoms with Crippen LogP contribution in [0.25, 0.3) is 0 Å². The fourth-order valence-corrected chi connectivity index (χ4v) is 1.65. The summed E-state index contributed by atoms with van der Waals surface area (Å²) in [5, 5.41) is 3.32. The van der Waals surface area contributed by atoms with Crippen LogP contribution in [0.2, 0.25) is 0 Å². The molecular weight excluding hydrogens is 154 g/mol. The van der Waals surface area contributed by atoms with Crippen molar-refractivity contribution in [1.29, 1.82) is 0 Å². The van der Waals surface area contributed by atoms with Crippen molar-refractivity contribution in [1.82, 2.24) is 5.32 Å². The molecule has 0 fully saturated rings. The summed E-state index contributed by atoms with van der Waals surface area (Å²) in [6.07, 6.45) is 0. The van der Waals surface area contributed by atoms with Gasteiger partial charge in [0.15, 0.2) is 0 Å². The van der Waals surface area contributed by atoms with Crippen molar-refractivity contribution in [2.24, 2.45) is 5.92 Å². The van der Waals surface area contributed by atoms with Gasteiger partial charge in [0.2, 0.25) is 0 Å². The zero-order valence-electron chi connectivity index (χ0n) is 7.40. The van der Waals surface area contributed by atoms with Crippen molar-refractivity contribution in [2.45, 2.75) is 20.8 Å². The lowest BCUT2D eigenvalue weighted by Crippen LogP contribution is -2.10. The molecule has 0 radical (unpaired) electrons. The van der Waals surface area contributed by atoms with Gasteiger partial charge in [0.1, 0.15) is 0 Å². The predicted molar refractivity (Wildman–Crippen MR) is 53.0 cm³/mol. The first-order valence-corrected chi connectivity index (χ1v) is 4.47. The van der Waals surface area contributed by atoms with E-state index in [4.69, 9.17) is 12.2 Å². The third-order valence-corrected chi connectivity index (χ3v) is 2.37. The molecule has 1 rings (SSSR count). The molecule has 0 aliphatic carbocycles. The normalized spacial score (nSPS) is 18.2. The van der Waals surface area contributed by atoms with Crippen LogP contribution >= 0.6 is 12.2 Å². The molecule has 0 atom stereocenters. The fraction of sp³-hybridized carbons (Fsp3) is 0.667. The van der Waals surface area contributed by atoms with Crippen molar-refractivity contribution >= 4 is 17.1 Å². The molecule has 1 aliphatic rings. The zero-order chi connectivity index (χ0) is 8.43. The van der Waals surface area contributed by atoms with Crippen LogP contribution in [0, 0.1) is 5.92 Å². The van der Waals surface area contributed by atoms with Crippen molar-refractivity contribution in [2.75, 3.05) is 13.1 Å². The molecule has 1 aliphatic heterocycles. The molecule has 0 aromatic rings. The van der Waals surface area contributed by atoms with E-state index in [1.54, 1.807) is 0 Å². The molecule has 0 spiro atoms. The summed E-state index contributed by atoms with van der Waals surface area (Å²) in [7, 11) is 0. The molecular formula is C9H15NS. The molecule has 1 heterocycles. The quantitative estimate of drug-likeness (QED) is 0.634. The molecule has 0 amide bonds. The Labute approximate surface area is 73.9 Å². The van der Waals surface area contributed by atoms with E-state index in [9.17, 15) is 0 Å². The summed E-state index contributed by atoms with van der Waals surface area (Å²) in [4.78, 5) is 1.05. The topological polar surface area (TPSA) is 12.0 Å². The summed E-state index contributed by atoms with van der Waals surface area (Å²) < 4.78 is 0. The van der Waals surface area contributed by atoms with Crippen LogP contribution in [0.3, 0.4) is 0 Å². The van der Waals surface area contributed by atoms with Gasteiger partial charge in [-0.15, -0.1) is 0 Å². The van der Waals surface area contributed by atoms with E-state index < -0.39 is 0 Å². The van der Waals surface area contributed by atoms with E-state index in [0.29, 0.717) is 5.92 Å². The summed E-state index contributed by atoms with van der Waals surface area (Å²) in [5.74, 6) is 0.637. The average Bonchev–Trinajstić information content (AvgIpc) is 2.32. The molecule has 0 bridgehead atoms. The molecule has 0 unspecified atom stereocenters. The van der Waals surface area contributed by atoms with Crippen LogP contribution < -0.4 is 5.32 Å². The van der Waals surface area contributed by atoms with E-state index in [1.807, 2.05) is 6.92 Å². The molecule has 11 heavy (non-hydrogen) atoms. The van der Waals surface area contributed by atoms with Gasteiger partial charge in [-0.3, -0.25) is 0 Å². The van der Waals surface area contributed by atoms with Crippen molar-refractivity contribution < 1.29 is 0 Å². The second kappa shape index (κ2) is 3.46. The Morgan fingerprint density at radius 3 is 2.45 bits per heavy atom. The van der Waals surface area contributed by atoms with Crippen LogP contribution in [0.5, 0.6) is 0 Å². The molecule has 0 aromatic carbocycles. The molecule has 1 nitrogen and oxygen atoms in total. The highest BCUT2D eigenvalue weighted by molar-refractivity contribution is 7.80. The predicted octanol–water partition coefficient (Wildman–Crippen LogP) is 1.93. The van der Waals surface area contributed by atoms with Crippen molar-refractivity contribution in [3.63, 3.8) is 0 Å². The highest BCUT2D eigenvalue weighted by Gasteiger charge is 2.16. The van der Waals surface area contributed by atoms with E-state index in [2.05, 4.69) is 19.2 Å². The molecule has 0 aromatic heterocycles. The summed E-state index contributed by atoms with van der Waals surface area (Å²) >= 11 is 5.15. The first-order valence-electron chi connectivity index (χ1n) is 4.06. The number of thiocarbonyl (C=S) groups is 1. The second-order valence-corrected chi connectivity index (χ2v) is 3.93. The number of nitrogens with one attached hydrogen (secondary N) is 1. The Morgan fingerprint density at radius 1 is 1.45 bits per heavy atom. The lowest BCUT2D eigenvalue weighted by atomic mass is 9.98. The zero-order valence-corrected chi connectivity index (χ0v) is 8.22. The summed E-state index contributed by atoms with van der Waals surface area (Å²) in [6.45, 7) is 8.46. The van der Waals surface area contributed by atoms with E-state index >= 15 is 0 Å². The van der Waals surface area contributed by atoms with Gasteiger partial charge in [0.25, 0.3) is 0 Å². The largest absolute Gasteiger partial charge is 0.309 e. The van der Waals surface area contributed by atoms with E-state index in [0.717, 1.165) is 18.0 Å². The maximum absolute atomic E-state index is 5.15. The lowest BCUT2D eigenvalue weighted by Gasteiger charge is -2.07. The van der Waals surface area contributed by atoms with E-state index in [1.165, 1.54) is 11.1 Å². The highest BCUT2D eigenvalue weighted by Crippen LogP contribution is 2.19. The van der Waals surface area contributed by atoms with Crippen molar-refractivity contribution in [3.8, 4) is 0 Å². The van der Waals surface area contributed by atoms with Crippen LogP contribution in [0.1, 0.15) is 20.8 Å². The first-order chi connectivity index (χ1) is 5.13. The minimum Gasteiger partial charge on any atom is -0.309 e. The van der Waals surface area contributed by atoms with Gasteiger partial charge in [0.05, 0.1) is 0 Å². The monoisotopic (exact) mass is 169 g/mol. The average molecular weight is 169 g/mol. The van der Waals surface area contributed by atoms with E-state index in [-0.39, 0.29) is 0 Å². The van der Waals surface area contributed by atoms with Gasteiger partial charge in [-0.05, 0) is 24.0 Å². The maximum Gasteiger partial charge on any atom is 0.0219 e. The van der Waals surface area contributed by atoms with Gasteiger partial charge >= 0.3 is 0 Å². The number of hydrogen-bond acceptors (Lipinski definition) is 2. The third-order valence-electron chi connectivity index (χ3n) is 2.13. The Balaban J connectivity index is 2.86. The minimum absolute atomic E-state index is 0.637. The van der Waals surface area contributed by atoms with Crippen molar-refractivity contribution in [3.05, 3.63) is 11.1 Å². The maximum atomic E-state index is 5.15. The van der Waals surface area contributed by atoms with Gasteiger partial charge in [-0.1, -0.05) is 26.1 Å². The summed E-state index contributed by atoms with van der Waals surface area (Å²) in [6, 6.07) is 0. The molecule has 2 heteroatoms. The molecule has 0 saturated heterocycles. The Bertz CT molecular complexity index is 204. The smallest absolute Gasteiger partial charge is 0.0219 e. The fourth-order valence-electron chi connectivity index (χ4n) is 1.45. The molecule has 62 valence electrons. The Kier molecular flexibility index (Phi) is 2.79. The van der Waals surface area contributed by atoms with Crippen LogP contribution in [-0.4, -0.2) is 18.0 Å². The van der Waals surface area contributed by atoms with Crippen LogP contribution in [0.4, 0.5) is 0 Å². The lowest BCUT2D eigenvalue weighted by molar-refractivity contribution is 0.730. The molecule has 1 N–H and O–H groups in total. The van der Waals surface area contributed by atoms with Crippen LogP contribution in [-0.2, 0) is 0 Å². The SMILES string of the molecule is CC(=S)C1=C(C(C)C)CNC1. The van der Waals surface area contributed by atoms with Gasteiger partial charge in [-0.2, -0.15) is 0 Å². The standard InChI is InChI=1S/C9H15NS/c1-6(2)8-4-10-5-9(8)7(3)11/h6,10H,4-5H2,1-3H3. The third kappa shape index (κ3) is 1.88. The number of rotatable bonds is 2.